The van der Waals surface area contributed by atoms with Crippen molar-refractivity contribution in [2.45, 2.75) is 26.0 Å². The highest BCUT2D eigenvalue weighted by Gasteiger charge is 2.25. The maximum absolute atomic E-state index is 9.96. The molecule has 0 spiro atoms. The smallest absolute Gasteiger partial charge is 0.0693 e. The third-order valence-corrected chi connectivity index (χ3v) is 5.67. The van der Waals surface area contributed by atoms with Gasteiger partial charge < -0.3 is 5.11 Å². The molecule has 0 radical (unpaired) electrons. The molecule has 2 heterocycles. The first-order chi connectivity index (χ1) is 9.15. The predicted octanol–water partition coefficient (Wildman–Crippen LogP) is 3.76. The molecule has 1 fully saturated rings. The van der Waals surface area contributed by atoms with Gasteiger partial charge in [0.1, 0.15) is 0 Å². The van der Waals surface area contributed by atoms with E-state index in [2.05, 4.69) is 24.0 Å². The standard InChI is InChI=1S/C15H18ClNOS/c1-10-6-7-17(8-12(10)18)9-14-15(16)11-4-2-3-5-13(11)19-14/h2-5,10,12,18H,6-9H2,1H3. The number of benzene rings is 1. The lowest BCUT2D eigenvalue weighted by Gasteiger charge is -2.33. The molecule has 1 aromatic carbocycles. The minimum absolute atomic E-state index is 0.207. The number of hydrogen-bond acceptors (Lipinski definition) is 3. The van der Waals surface area contributed by atoms with Crippen LogP contribution in [0.3, 0.4) is 0 Å². The van der Waals surface area contributed by atoms with Crippen LogP contribution in [0.2, 0.25) is 5.02 Å². The van der Waals surface area contributed by atoms with Crippen molar-refractivity contribution < 1.29 is 5.11 Å². The summed E-state index contributed by atoms with van der Waals surface area (Å²) in [6.07, 6.45) is 0.853. The highest BCUT2D eigenvalue weighted by molar-refractivity contribution is 7.19. The van der Waals surface area contributed by atoms with Gasteiger partial charge in [0, 0.05) is 28.1 Å². The Labute approximate surface area is 122 Å². The van der Waals surface area contributed by atoms with E-state index in [1.807, 2.05) is 12.1 Å². The van der Waals surface area contributed by atoms with E-state index in [1.54, 1.807) is 11.3 Å². The molecule has 2 nitrogen and oxygen atoms in total. The average Bonchev–Trinajstić information content (AvgIpc) is 2.72. The van der Waals surface area contributed by atoms with E-state index < -0.39 is 0 Å². The van der Waals surface area contributed by atoms with Gasteiger partial charge in [0.25, 0.3) is 0 Å². The number of aliphatic hydroxyl groups excluding tert-OH is 1. The molecule has 19 heavy (non-hydrogen) atoms. The molecule has 1 aliphatic rings. The van der Waals surface area contributed by atoms with Crippen LogP contribution in [0.15, 0.2) is 24.3 Å². The summed E-state index contributed by atoms with van der Waals surface area (Å²) in [5.74, 6) is 0.411. The molecule has 102 valence electrons. The number of fused-ring (bicyclic) bond motifs is 1. The Kier molecular flexibility index (Phi) is 3.81. The van der Waals surface area contributed by atoms with Gasteiger partial charge in [-0.15, -0.1) is 11.3 Å². The quantitative estimate of drug-likeness (QED) is 0.912. The average molecular weight is 296 g/mol. The number of nitrogens with zero attached hydrogens (tertiary/aromatic N) is 1. The fourth-order valence-corrected chi connectivity index (χ4v) is 4.16. The van der Waals surface area contributed by atoms with E-state index in [4.69, 9.17) is 11.6 Å². The van der Waals surface area contributed by atoms with Crippen molar-refractivity contribution in [1.82, 2.24) is 4.90 Å². The van der Waals surface area contributed by atoms with E-state index in [-0.39, 0.29) is 6.10 Å². The minimum Gasteiger partial charge on any atom is -0.392 e. The van der Waals surface area contributed by atoms with Gasteiger partial charge in [-0.1, -0.05) is 36.7 Å². The Morgan fingerprint density at radius 2 is 2.21 bits per heavy atom. The van der Waals surface area contributed by atoms with E-state index in [1.165, 1.54) is 9.58 Å². The molecule has 1 aromatic heterocycles. The maximum atomic E-state index is 9.96. The summed E-state index contributed by atoms with van der Waals surface area (Å²) in [6.45, 7) is 4.77. The number of β-amino-alcohol motifs (C(OH)–C–C–N with tert-alkyl or cyclic N) is 1. The molecule has 0 amide bonds. The van der Waals surface area contributed by atoms with Crippen LogP contribution in [0.1, 0.15) is 18.2 Å². The maximum Gasteiger partial charge on any atom is 0.0693 e. The highest BCUT2D eigenvalue weighted by Crippen LogP contribution is 2.36. The Balaban J connectivity index is 1.80. The topological polar surface area (TPSA) is 23.5 Å². The van der Waals surface area contributed by atoms with Crippen molar-refractivity contribution in [3.8, 4) is 0 Å². The lowest BCUT2D eigenvalue weighted by atomic mass is 9.96. The Hall–Kier alpha value is -0.610. The van der Waals surface area contributed by atoms with Crippen LogP contribution in [0.25, 0.3) is 10.1 Å². The third kappa shape index (κ3) is 2.65. The van der Waals surface area contributed by atoms with Crippen molar-refractivity contribution in [3.63, 3.8) is 0 Å². The molecule has 1 saturated heterocycles. The molecule has 4 heteroatoms. The normalized spacial score (nSPS) is 25.0. The summed E-state index contributed by atoms with van der Waals surface area (Å²) < 4.78 is 1.24. The zero-order chi connectivity index (χ0) is 13.4. The number of thiophene rings is 1. The van der Waals surface area contributed by atoms with Gasteiger partial charge in [-0.2, -0.15) is 0 Å². The molecule has 2 unspecified atom stereocenters. The second kappa shape index (κ2) is 5.41. The predicted molar refractivity (Wildman–Crippen MR) is 81.9 cm³/mol. The molecule has 0 saturated carbocycles. The number of aliphatic hydroxyl groups is 1. The molecule has 2 atom stereocenters. The largest absolute Gasteiger partial charge is 0.392 e. The minimum atomic E-state index is -0.207. The van der Waals surface area contributed by atoms with Crippen molar-refractivity contribution in [1.29, 1.82) is 0 Å². The molecular weight excluding hydrogens is 278 g/mol. The van der Waals surface area contributed by atoms with Crippen LogP contribution in [-0.2, 0) is 6.54 Å². The van der Waals surface area contributed by atoms with Gasteiger partial charge in [-0.05, 0) is 24.9 Å². The SMILES string of the molecule is CC1CCN(Cc2sc3ccccc3c2Cl)CC1O. The highest BCUT2D eigenvalue weighted by atomic mass is 35.5. The van der Waals surface area contributed by atoms with Gasteiger partial charge >= 0.3 is 0 Å². The number of piperidine rings is 1. The summed E-state index contributed by atoms with van der Waals surface area (Å²) in [4.78, 5) is 3.52. The molecule has 0 bridgehead atoms. The fourth-order valence-electron chi connectivity index (χ4n) is 2.63. The molecular formula is C15H18ClNOS. The number of halogens is 1. The number of likely N-dealkylation sites (tertiary alicyclic amines) is 1. The van der Waals surface area contributed by atoms with Crippen LogP contribution >= 0.6 is 22.9 Å². The Morgan fingerprint density at radius 1 is 1.42 bits per heavy atom. The second-order valence-corrected chi connectivity index (χ2v) is 6.92. The van der Waals surface area contributed by atoms with Gasteiger partial charge in [0.15, 0.2) is 0 Å². The van der Waals surface area contributed by atoms with Gasteiger partial charge in [-0.25, -0.2) is 0 Å². The van der Waals surface area contributed by atoms with Crippen molar-refractivity contribution in [2.75, 3.05) is 13.1 Å². The van der Waals surface area contributed by atoms with E-state index >= 15 is 0 Å². The second-order valence-electron chi connectivity index (χ2n) is 5.40. The molecule has 2 aromatic rings. The van der Waals surface area contributed by atoms with Crippen molar-refractivity contribution in [2.24, 2.45) is 5.92 Å². The first kappa shape index (κ1) is 13.4. The summed E-state index contributed by atoms with van der Waals surface area (Å²) in [7, 11) is 0. The lowest BCUT2D eigenvalue weighted by Crippen LogP contribution is -2.42. The number of hydrogen-bond donors (Lipinski definition) is 1. The zero-order valence-electron chi connectivity index (χ0n) is 11.0. The summed E-state index contributed by atoms with van der Waals surface area (Å²) in [5, 5.41) is 12.0. The monoisotopic (exact) mass is 295 g/mol. The lowest BCUT2D eigenvalue weighted by molar-refractivity contribution is 0.0263. The van der Waals surface area contributed by atoms with Gasteiger partial charge in [-0.3, -0.25) is 4.90 Å². The van der Waals surface area contributed by atoms with Crippen LogP contribution in [0.4, 0.5) is 0 Å². The summed E-state index contributed by atoms with van der Waals surface area (Å²) in [5.41, 5.74) is 0. The Bertz CT molecular complexity index is 583. The first-order valence-electron chi connectivity index (χ1n) is 6.71. The molecule has 0 aliphatic carbocycles. The van der Waals surface area contributed by atoms with Crippen LogP contribution < -0.4 is 0 Å². The van der Waals surface area contributed by atoms with E-state index in [9.17, 15) is 5.11 Å². The van der Waals surface area contributed by atoms with E-state index in [0.717, 1.165) is 36.5 Å². The van der Waals surface area contributed by atoms with Crippen LogP contribution in [-0.4, -0.2) is 29.2 Å². The Morgan fingerprint density at radius 3 is 2.95 bits per heavy atom. The van der Waals surface area contributed by atoms with Crippen LogP contribution in [0, 0.1) is 5.92 Å². The van der Waals surface area contributed by atoms with Crippen molar-refractivity contribution in [3.05, 3.63) is 34.2 Å². The molecule has 1 aliphatic heterocycles. The summed E-state index contributed by atoms with van der Waals surface area (Å²) >= 11 is 8.23. The van der Waals surface area contributed by atoms with Crippen LogP contribution in [0.5, 0.6) is 0 Å². The van der Waals surface area contributed by atoms with Gasteiger partial charge in [0.2, 0.25) is 0 Å². The fraction of sp³-hybridized carbons (Fsp3) is 0.467. The first-order valence-corrected chi connectivity index (χ1v) is 7.91. The van der Waals surface area contributed by atoms with Gasteiger partial charge in [0.05, 0.1) is 11.1 Å². The number of rotatable bonds is 2. The summed E-state index contributed by atoms with van der Waals surface area (Å²) in [6, 6.07) is 8.26. The third-order valence-electron chi connectivity index (χ3n) is 3.97. The van der Waals surface area contributed by atoms with E-state index in [0.29, 0.717) is 5.92 Å². The molecule has 1 N–H and O–H groups in total. The molecule has 3 rings (SSSR count). The zero-order valence-corrected chi connectivity index (χ0v) is 12.5. The van der Waals surface area contributed by atoms with Crippen molar-refractivity contribution >= 4 is 33.0 Å².